The smallest absolute Gasteiger partial charge is 0.382 e. The van der Waals surface area contributed by atoms with Crippen LogP contribution in [0.4, 0.5) is 13.2 Å². The number of halogens is 5. The summed E-state index contributed by atoms with van der Waals surface area (Å²) in [6.07, 6.45) is -3.02. The van der Waals surface area contributed by atoms with Crippen LogP contribution in [-0.4, -0.2) is 27.5 Å². The minimum atomic E-state index is -4.82. The molecule has 4 aromatic rings. The van der Waals surface area contributed by atoms with Gasteiger partial charge in [0, 0.05) is 17.1 Å². The van der Waals surface area contributed by atoms with Crippen LogP contribution in [0.1, 0.15) is 28.6 Å². The highest BCUT2D eigenvalue weighted by atomic mass is 35.5. The second-order valence-electron chi connectivity index (χ2n) is 7.06. The molecule has 0 bridgehead atoms. The molecule has 0 aliphatic heterocycles. The molecular formula is C21H13Cl2F3N3O3S. The molecule has 33 heavy (non-hydrogen) atoms. The largest absolute Gasteiger partial charge is 0.433 e. The Hall–Kier alpha value is -2.66. The molecule has 3 aromatic heterocycles. The van der Waals surface area contributed by atoms with Gasteiger partial charge in [-0.05, 0) is 36.8 Å². The van der Waals surface area contributed by atoms with E-state index in [1.165, 1.54) is 37.3 Å². The second kappa shape index (κ2) is 8.28. The molecule has 3 heterocycles. The third-order valence-corrected chi connectivity index (χ3v) is 7.25. The van der Waals surface area contributed by atoms with Gasteiger partial charge in [0.05, 0.1) is 20.6 Å². The molecule has 0 amide bonds. The number of hydrogen-bond acceptors (Lipinski definition) is 5. The summed E-state index contributed by atoms with van der Waals surface area (Å²) in [5.74, 6) is 0. The zero-order chi connectivity index (χ0) is 24.1. The number of rotatable bonds is 4. The van der Waals surface area contributed by atoms with Gasteiger partial charge in [0.25, 0.3) is 10.0 Å². The van der Waals surface area contributed by atoms with Crippen LogP contribution in [0.2, 0.25) is 10.0 Å². The first-order valence-electron chi connectivity index (χ1n) is 9.23. The first kappa shape index (κ1) is 23.5. The first-order valence-corrected chi connectivity index (χ1v) is 11.4. The zero-order valence-corrected chi connectivity index (χ0v) is 18.9. The first-order chi connectivity index (χ1) is 15.4. The Morgan fingerprint density at radius 2 is 1.82 bits per heavy atom. The third-order valence-electron chi connectivity index (χ3n) is 4.92. The molecule has 12 heteroatoms. The molecule has 1 unspecified atom stereocenters. The van der Waals surface area contributed by atoms with Crippen LogP contribution in [0, 0.1) is 13.1 Å². The Morgan fingerprint density at radius 1 is 1.15 bits per heavy atom. The third kappa shape index (κ3) is 4.08. The number of aryl methyl sites for hydroxylation is 1. The van der Waals surface area contributed by atoms with Gasteiger partial charge in [-0.3, -0.25) is 4.98 Å². The Bertz CT molecular complexity index is 1450. The second-order valence-corrected chi connectivity index (χ2v) is 9.63. The molecule has 0 spiro atoms. The van der Waals surface area contributed by atoms with Crippen LogP contribution in [0.3, 0.4) is 0 Å². The van der Waals surface area contributed by atoms with Crippen molar-refractivity contribution in [1.29, 1.82) is 0 Å². The van der Waals surface area contributed by atoms with Crippen LogP contribution in [0.5, 0.6) is 0 Å². The van der Waals surface area contributed by atoms with Crippen molar-refractivity contribution in [3.05, 3.63) is 87.4 Å². The summed E-state index contributed by atoms with van der Waals surface area (Å²) in [4.78, 5) is 7.06. The Morgan fingerprint density at radius 3 is 2.42 bits per heavy atom. The number of aliphatic hydroxyl groups is 1. The van der Waals surface area contributed by atoms with Crippen molar-refractivity contribution in [2.75, 3.05) is 0 Å². The van der Waals surface area contributed by atoms with Crippen molar-refractivity contribution in [3.8, 4) is 0 Å². The van der Waals surface area contributed by atoms with Gasteiger partial charge in [-0.15, -0.1) is 0 Å². The number of alkyl halides is 3. The lowest BCUT2D eigenvalue weighted by atomic mass is 10.1. The van der Waals surface area contributed by atoms with E-state index in [4.69, 9.17) is 23.2 Å². The van der Waals surface area contributed by atoms with Crippen LogP contribution < -0.4 is 0 Å². The van der Waals surface area contributed by atoms with E-state index in [0.717, 1.165) is 12.3 Å². The van der Waals surface area contributed by atoms with Crippen molar-refractivity contribution in [2.24, 2.45) is 0 Å². The Labute approximate surface area is 196 Å². The van der Waals surface area contributed by atoms with Crippen LogP contribution in [0.25, 0.3) is 11.0 Å². The fourth-order valence-electron chi connectivity index (χ4n) is 3.39. The van der Waals surface area contributed by atoms with E-state index in [9.17, 15) is 26.7 Å². The highest BCUT2D eigenvalue weighted by molar-refractivity contribution is 7.90. The van der Waals surface area contributed by atoms with Gasteiger partial charge < -0.3 is 5.11 Å². The van der Waals surface area contributed by atoms with Gasteiger partial charge in [0.1, 0.15) is 18.0 Å². The summed E-state index contributed by atoms with van der Waals surface area (Å²) in [6, 6.07) is 9.10. The minimum Gasteiger partial charge on any atom is -0.382 e. The summed E-state index contributed by atoms with van der Waals surface area (Å²) in [6.45, 7) is 1.38. The van der Waals surface area contributed by atoms with Crippen molar-refractivity contribution >= 4 is 44.3 Å². The highest BCUT2D eigenvalue weighted by Gasteiger charge is 2.36. The number of benzene rings is 1. The molecule has 4 rings (SSSR count). The van der Waals surface area contributed by atoms with Crippen LogP contribution in [0.15, 0.2) is 53.6 Å². The van der Waals surface area contributed by atoms with E-state index in [1.54, 1.807) is 6.07 Å². The number of aliphatic hydroxyl groups excluding tert-OH is 1. The van der Waals surface area contributed by atoms with Crippen LogP contribution in [-0.2, 0) is 16.2 Å². The number of hydrogen-bond donors (Lipinski definition) is 1. The Kier molecular flexibility index (Phi) is 5.90. The number of pyridine rings is 2. The number of aromatic nitrogens is 3. The monoisotopic (exact) mass is 514 g/mol. The standard InChI is InChI=1S/C21H13Cl2F3N3O3S/c1-11-7-17(21(24,25)26)28-20-13(11)8-16(19(30)18-14(22)9-27-10-15(18)23)29(20)33(31,32)12-5-3-2-4-6-12/h2-9,19,30H,1H3. The fraction of sp³-hybridized carbons (Fsp3) is 0.143. The number of nitrogens with zero attached hydrogens (tertiary/aromatic N) is 3. The molecule has 1 aromatic carbocycles. The van der Waals surface area contributed by atoms with Gasteiger partial charge >= 0.3 is 6.18 Å². The van der Waals surface area contributed by atoms with Crippen molar-refractivity contribution in [3.63, 3.8) is 0 Å². The summed E-state index contributed by atoms with van der Waals surface area (Å²) in [7, 11) is -4.50. The predicted molar refractivity (Wildman–Crippen MR) is 116 cm³/mol. The maximum Gasteiger partial charge on any atom is 0.433 e. The van der Waals surface area contributed by atoms with Gasteiger partial charge in [-0.2, -0.15) is 13.2 Å². The maximum atomic E-state index is 13.6. The molecule has 0 aliphatic carbocycles. The lowest BCUT2D eigenvalue weighted by Gasteiger charge is -2.18. The van der Waals surface area contributed by atoms with E-state index in [0.29, 0.717) is 3.97 Å². The molecule has 0 saturated carbocycles. The van der Waals surface area contributed by atoms with Crippen LogP contribution >= 0.6 is 23.2 Å². The minimum absolute atomic E-state index is 0.0826. The molecular weight excluding hydrogens is 502 g/mol. The number of fused-ring (bicyclic) bond motifs is 1. The molecule has 1 radical (unpaired) electrons. The predicted octanol–water partition coefficient (Wildman–Crippen LogP) is 5.18. The van der Waals surface area contributed by atoms with Gasteiger partial charge in [-0.1, -0.05) is 41.4 Å². The molecule has 1 N–H and O–H groups in total. The summed E-state index contributed by atoms with van der Waals surface area (Å²) in [5, 5.41) is 11.0. The summed E-state index contributed by atoms with van der Waals surface area (Å²) in [5.41, 5.74) is -2.06. The van der Waals surface area contributed by atoms with Crippen molar-refractivity contribution in [2.45, 2.75) is 24.1 Å². The molecule has 171 valence electrons. The van der Waals surface area contributed by atoms with E-state index in [-0.39, 0.29) is 37.1 Å². The highest BCUT2D eigenvalue weighted by Crippen LogP contribution is 2.39. The van der Waals surface area contributed by atoms with Gasteiger partial charge in [-0.25, -0.2) is 17.4 Å². The molecule has 0 fully saturated rings. The van der Waals surface area contributed by atoms with Crippen molar-refractivity contribution < 1.29 is 26.7 Å². The van der Waals surface area contributed by atoms with E-state index < -0.39 is 33.6 Å². The zero-order valence-electron chi connectivity index (χ0n) is 16.6. The van der Waals surface area contributed by atoms with Gasteiger partial charge in [0.15, 0.2) is 5.65 Å². The Balaban J connectivity index is 2.11. The maximum absolute atomic E-state index is 13.6. The van der Waals surface area contributed by atoms with E-state index in [1.807, 2.05) is 0 Å². The van der Waals surface area contributed by atoms with Gasteiger partial charge in [0.2, 0.25) is 0 Å². The summed E-state index contributed by atoms with van der Waals surface area (Å²) >= 11 is 12.2. The van der Waals surface area contributed by atoms with E-state index >= 15 is 0 Å². The molecule has 0 aliphatic rings. The van der Waals surface area contributed by atoms with E-state index in [2.05, 4.69) is 16.2 Å². The lowest BCUT2D eigenvalue weighted by molar-refractivity contribution is -0.141. The quantitative estimate of drug-likeness (QED) is 0.405. The summed E-state index contributed by atoms with van der Waals surface area (Å²) < 4.78 is 68.1. The SMILES string of the molecule is Cc1cc(C(F)(F)F)nc2c1cc(C(O)c1c(Cl)[c]ncc1Cl)n2S(=O)(=O)c1ccccc1. The lowest BCUT2D eigenvalue weighted by Crippen LogP contribution is -2.20. The molecule has 0 saturated heterocycles. The average Bonchev–Trinajstić information content (AvgIpc) is 3.14. The topological polar surface area (TPSA) is 85.1 Å². The molecule has 6 nitrogen and oxygen atoms in total. The fourth-order valence-corrected chi connectivity index (χ4v) is 5.45. The normalized spacial score (nSPS) is 13.4. The van der Waals surface area contributed by atoms with Crippen molar-refractivity contribution in [1.82, 2.24) is 13.9 Å². The average molecular weight is 515 g/mol. The molecule has 1 atom stereocenters.